The molecule has 0 N–H and O–H groups in total. The van der Waals surface area contributed by atoms with Gasteiger partial charge in [0.15, 0.2) is 0 Å². The van der Waals surface area contributed by atoms with Gasteiger partial charge in [-0.05, 0) is 30.3 Å². The molecular formula is C13H7Cl2NS. The molecule has 84 valence electrons. The average molecular weight is 280 g/mol. The van der Waals surface area contributed by atoms with Crippen LogP contribution in [0, 0.1) is 0 Å². The SMILES string of the molecule is Clc1ccc(-c2nc3ccc(Cl)cc3s2)cc1. The molecule has 17 heavy (non-hydrogen) atoms. The first-order valence-corrected chi connectivity index (χ1v) is 6.62. The van der Waals surface area contributed by atoms with Gasteiger partial charge in [0.1, 0.15) is 5.01 Å². The van der Waals surface area contributed by atoms with Crippen LogP contribution in [0.15, 0.2) is 42.5 Å². The lowest BCUT2D eigenvalue weighted by atomic mass is 10.2. The van der Waals surface area contributed by atoms with Crippen LogP contribution in [0.1, 0.15) is 0 Å². The maximum atomic E-state index is 5.96. The number of halogens is 2. The molecule has 0 atom stereocenters. The van der Waals surface area contributed by atoms with Gasteiger partial charge in [-0.1, -0.05) is 35.3 Å². The third kappa shape index (κ3) is 2.16. The van der Waals surface area contributed by atoms with Crippen LogP contribution in [0.3, 0.4) is 0 Å². The normalized spacial score (nSPS) is 10.9. The van der Waals surface area contributed by atoms with Crippen LogP contribution in [0.4, 0.5) is 0 Å². The summed E-state index contributed by atoms with van der Waals surface area (Å²) in [5.74, 6) is 0. The molecule has 3 rings (SSSR count). The molecule has 0 unspecified atom stereocenters. The Morgan fingerprint density at radius 2 is 1.59 bits per heavy atom. The Balaban J connectivity index is 2.14. The van der Waals surface area contributed by atoms with E-state index in [-0.39, 0.29) is 0 Å². The molecule has 0 bridgehead atoms. The van der Waals surface area contributed by atoms with Crippen molar-refractivity contribution >= 4 is 44.8 Å². The van der Waals surface area contributed by atoms with E-state index in [9.17, 15) is 0 Å². The van der Waals surface area contributed by atoms with Crippen molar-refractivity contribution in [3.63, 3.8) is 0 Å². The summed E-state index contributed by atoms with van der Waals surface area (Å²) < 4.78 is 1.10. The van der Waals surface area contributed by atoms with Gasteiger partial charge in [-0.3, -0.25) is 0 Å². The predicted octanol–water partition coefficient (Wildman–Crippen LogP) is 5.27. The molecule has 1 nitrogen and oxygen atoms in total. The number of hydrogen-bond donors (Lipinski definition) is 0. The smallest absolute Gasteiger partial charge is 0.124 e. The molecule has 4 heteroatoms. The van der Waals surface area contributed by atoms with E-state index in [0.717, 1.165) is 30.8 Å². The maximum absolute atomic E-state index is 5.96. The molecule has 0 aliphatic rings. The first-order valence-electron chi connectivity index (χ1n) is 5.04. The highest BCUT2D eigenvalue weighted by Gasteiger charge is 2.06. The van der Waals surface area contributed by atoms with Crippen molar-refractivity contribution in [1.82, 2.24) is 4.98 Å². The second-order valence-electron chi connectivity index (χ2n) is 3.64. The Kier molecular flexibility index (Phi) is 2.79. The molecule has 0 aliphatic carbocycles. The van der Waals surface area contributed by atoms with Crippen molar-refractivity contribution in [1.29, 1.82) is 0 Å². The molecular weight excluding hydrogens is 273 g/mol. The summed E-state index contributed by atoms with van der Waals surface area (Å²) in [4.78, 5) is 4.57. The second-order valence-corrected chi connectivity index (χ2v) is 5.54. The number of rotatable bonds is 1. The minimum Gasteiger partial charge on any atom is -0.236 e. The predicted molar refractivity (Wildman–Crippen MR) is 75.1 cm³/mol. The Bertz CT molecular complexity index is 673. The zero-order chi connectivity index (χ0) is 11.8. The standard InChI is InChI=1S/C13H7Cl2NS/c14-9-3-1-8(2-4-9)13-16-11-6-5-10(15)7-12(11)17-13/h1-7H. The van der Waals surface area contributed by atoms with Gasteiger partial charge >= 0.3 is 0 Å². The van der Waals surface area contributed by atoms with Crippen molar-refractivity contribution in [3.8, 4) is 10.6 Å². The highest BCUT2D eigenvalue weighted by molar-refractivity contribution is 7.21. The van der Waals surface area contributed by atoms with Crippen LogP contribution in [-0.4, -0.2) is 4.98 Å². The quantitative estimate of drug-likeness (QED) is 0.591. The van der Waals surface area contributed by atoms with Crippen LogP contribution in [0.5, 0.6) is 0 Å². The number of fused-ring (bicyclic) bond motifs is 1. The zero-order valence-electron chi connectivity index (χ0n) is 8.65. The van der Waals surface area contributed by atoms with Gasteiger partial charge in [-0.25, -0.2) is 4.98 Å². The van der Waals surface area contributed by atoms with Crippen LogP contribution in [0.25, 0.3) is 20.8 Å². The van der Waals surface area contributed by atoms with E-state index in [4.69, 9.17) is 23.2 Å². The van der Waals surface area contributed by atoms with E-state index >= 15 is 0 Å². The fourth-order valence-corrected chi connectivity index (χ4v) is 2.99. The molecule has 0 saturated carbocycles. The summed E-state index contributed by atoms with van der Waals surface area (Å²) in [6.07, 6.45) is 0. The van der Waals surface area contributed by atoms with Gasteiger partial charge in [-0.15, -0.1) is 11.3 Å². The number of nitrogens with zero attached hydrogens (tertiary/aromatic N) is 1. The van der Waals surface area contributed by atoms with Crippen molar-refractivity contribution in [2.75, 3.05) is 0 Å². The monoisotopic (exact) mass is 279 g/mol. The first kappa shape index (κ1) is 11.0. The lowest BCUT2D eigenvalue weighted by Crippen LogP contribution is -1.74. The molecule has 1 aromatic heterocycles. The van der Waals surface area contributed by atoms with Crippen LogP contribution < -0.4 is 0 Å². The van der Waals surface area contributed by atoms with Gasteiger partial charge < -0.3 is 0 Å². The summed E-state index contributed by atoms with van der Waals surface area (Å²) in [6, 6.07) is 13.4. The molecule has 0 aliphatic heterocycles. The Hall–Kier alpha value is -1.09. The summed E-state index contributed by atoms with van der Waals surface area (Å²) in [5.41, 5.74) is 2.05. The van der Waals surface area contributed by atoms with E-state index < -0.39 is 0 Å². The lowest BCUT2D eigenvalue weighted by Gasteiger charge is -1.94. The van der Waals surface area contributed by atoms with E-state index in [1.165, 1.54) is 0 Å². The fraction of sp³-hybridized carbons (Fsp3) is 0. The first-order chi connectivity index (χ1) is 8.22. The summed E-state index contributed by atoms with van der Waals surface area (Å²) in [6.45, 7) is 0. The van der Waals surface area contributed by atoms with Gasteiger partial charge in [0, 0.05) is 15.6 Å². The summed E-state index contributed by atoms with van der Waals surface area (Å²) in [5, 5.41) is 2.46. The van der Waals surface area contributed by atoms with Crippen molar-refractivity contribution < 1.29 is 0 Å². The Morgan fingerprint density at radius 1 is 0.882 bits per heavy atom. The summed E-state index contributed by atoms with van der Waals surface area (Å²) >= 11 is 13.5. The highest BCUT2D eigenvalue weighted by atomic mass is 35.5. The number of thiazole rings is 1. The van der Waals surface area contributed by atoms with E-state index in [0.29, 0.717) is 0 Å². The van der Waals surface area contributed by atoms with Gasteiger partial charge in [-0.2, -0.15) is 0 Å². The highest BCUT2D eigenvalue weighted by Crippen LogP contribution is 2.32. The third-order valence-corrected chi connectivity index (χ3v) is 4.00. The van der Waals surface area contributed by atoms with Crippen molar-refractivity contribution in [2.24, 2.45) is 0 Å². The number of benzene rings is 2. The molecule has 0 radical (unpaired) electrons. The third-order valence-electron chi connectivity index (χ3n) is 2.44. The number of hydrogen-bond acceptors (Lipinski definition) is 2. The molecule has 0 saturated heterocycles. The number of aromatic nitrogens is 1. The maximum Gasteiger partial charge on any atom is 0.124 e. The van der Waals surface area contributed by atoms with Gasteiger partial charge in [0.2, 0.25) is 0 Å². The van der Waals surface area contributed by atoms with Crippen LogP contribution in [-0.2, 0) is 0 Å². The van der Waals surface area contributed by atoms with Gasteiger partial charge in [0.05, 0.1) is 10.2 Å². The molecule has 0 spiro atoms. The Labute approximate surface area is 113 Å². The topological polar surface area (TPSA) is 12.9 Å². The van der Waals surface area contributed by atoms with Crippen LogP contribution in [0.2, 0.25) is 10.0 Å². The minimum absolute atomic E-state index is 0.734. The van der Waals surface area contributed by atoms with Crippen molar-refractivity contribution in [3.05, 3.63) is 52.5 Å². The largest absolute Gasteiger partial charge is 0.236 e. The molecule has 1 heterocycles. The van der Waals surface area contributed by atoms with E-state index in [2.05, 4.69) is 4.98 Å². The minimum atomic E-state index is 0.734. The van der Waals surface area contributed by atoms with Crippen LogP contribution >= 0.6 is 34.5 Å². The van der Waals surface area contributed by atoms with Crippen molar-refractivity contribution in [2.45, 2.75) is 0 Å². The van der Waals surface area contributed by atoms with Gasteiger partial charge in [0.25, 0.3) is 0 Å². The average Bonchev–Trinajstić information content (AvgIpc) is 2.72. The Morgan fingerprint density at radius 3 is 2.35 bits per heavy atom. The fourth-order valence-electron chi connectivity index (χ4n) is 1.61. The van der Waals surface area contributed by atoms with E-state index in [1.807, 2.05) is 42.5 Å². The molecule has 3 aromatic rings. The molecule has 2 aromatic carbocycles. The van der Waals surface area contributed by atoms with E-state index in [1.54, 1.807) is 11.3 Å². The lowest BCUT2D eigenvalue weighted by molar-refractivity contribution is 1.48. The summed E-state index contributed by atoms with van der Waals surface area (Å²) in [7, 11) is 0. The second kappa shape index (κ2) is 4.30. The molecule has 0 amide bonds. The molecule has 0 fully saturated rings. The zero-order valence-corrected chi connectivity index (χ0v) is 11.0.